The van der Waals surface area contributed by atoms with E-state index in [1.165, 1.54) is 21.1 Å². The molecule has 0 radical (unpaired) electrons. The van der Waals surface area contributed by atoms with Crippen molar-refractivity contribution in [3.8, 4) is 0 Å². The van der Waals surface area contributed by atoms with Gasteiger partial charge in [0.1, 0.15) is 6.04 Å². The average Bonchev–Trinajstić information content (AvgIpc) is 2.71. The van der Waals surface area contributed by atoms with E-state index >= 15 is 0 Å². The highest BCUT2D eigenvalue weighted by molar-refractivity contribution is 7.92. The third kappa shape index (κ3) is 4.87. The first-order chi connectivity index (χ1) is 14.5. The lowest BCUT2D eigenvalue weighted by Gasteiger charge is -2.39. The van der Waals surface area contributed by atoms with Crippen LogP contribution in [0.5, 0.6) is 0 Å². The minimum absolute atomic E-state index is 0.160. The molecule has 7 heteroatoms. The van der Waals surface area contributed by atoms with Gasteiger partial charge in [-0.15, -0.1) is 0 Å². The molecule has 0 aromatic heterocycles. The number of nitrogens with zero attached hydrogens (tertiary/aromatic N) is 3. The van der Waals surface area contributed by atoms with Crippen LogP contribution in [0.25, 0.3) is 0 Å². The number of anilines is 2. The average molecular weight is 444 g/mol. The largest absolute Gasteiger partial charge is 0.368 e. The first-order valence-electron chi connectivity index (χ1n) is 10.7. The van der Waals surface area contributed by atoms with Crippen LogP contribution in [0, 0.1) is 27.7 Å². The van der Waals surface area contributed by atoms with Gasteiger partial charge >= 0.3 is 0 Å². The molecule has 3 rings (SSSR count). The first-order valence-corrected chi connectivity index (χ1v) is 12.5. The van der Waals surface area contributed by atoms with E-state index in [4.69, 9.17) is 0 Å². The van der Waals surface area contributed by atoms with Crippen LogP contribution in [0.4, 0.5) is 11.4 Å². The lowest BCUT2D eigenvalue weighted by molar-refractivity contribution is -0.132. The molecular weight excluding hydrogens is 410 g/mol. The second kappa shape index (κ2) is 8.91. The summed E-state index contributed by atoms with van der Waals surface area (Å²) in [6.07, 6.45) is 1.16. The minimum Gasteiger partial charge on any atom is -0.368 e. The van der Waals surface area contributed by atoms with Crippen LogP contribution in [0.3, 0.4) is 0 Å². The third-order valence-corrected chi connectivity index (χ3v) is 7.40. The fourth-order valence-electron chi connectivity index (χ4n) is 4.24. The van der Waals surface area contributed by atoms with Crippen molar-refractivity contribution < 1.29 is 13.2 Å². The van der Waals surface area contributed by atoms with E-state index in [-0.39, 0.29) is 5.91 Å². The summed E-state index contributed by atoms with van der Waals surface area (Å²) in [5, 5.41) is 0. The summed E-state index contributed by atoms with van der Waals surface area (Å²) in [4.78, 5) is 17.4. The molecule has 2 aromatic rings. The van der Waals surface area contributed by atoms with E-state index in [9.17, 15) is 13.2 Å². The maximum Gasteiger partial charge on any atom is 0.246 e. The van der Waals surface area contributed by atoms with E-state index in [1.807, 2.05) is 32.0 Å². The maximum atomic E-state index is 13.3. The Bertz CT molecular complexity index is 1070. The maximum absolute atomic E-state index is 13.3. The lowest BCUT2D eigenvalue weighted by Crippen LogP contribution is -2.55. The standard InChI is InChI=1S/C24H33N3O3S/c1-17-10-11-19(3)23(16-17)27(31(6,29)30)21(5)24(28)26-14-12-25(13-15-26)22-9-7-8-18(2)20(22)4/h7-11,16,21H,12-15H2,1-6H3/t21-/m0/s1. The fourth-order valence-corrected chi connectivity index (χ4v) is 5.46. The monoisotopic (exact) mass is 443 g/mol. The van der Waals surface area contributed by atoms with E-state index in [1.54, 1.807) is 11.8 Å². The van der Waals surface area contributed by atoms with Crippen LogP contribution in [-0.2, 0) is 14.8 Å². The van der Waals surface area contributed by atoms with Crippen LogP contribution in [-0.4, -0.2) is 57.7 Å². The van der Waals surface area contributed by atoms with Crippen molar-refractivity contribution in [2.24, 2.45) is 0 Å². The topological polar surface area (TPSA) is 60.9 Å². The van der Waals surface area contributed by atoms with Gasteiger partial charge in [-0.25, -0.2) is 8.42 Å². The highest BCUT2D eigenvalue weighted by Crippen LogP contribution is 2.28. The van der Waals surface area contributed by atoms with Gasteiger partial charge in [0.15, 0.2) is 0 Å². The number of rotatable bonds is 5. The fraction of sp³-hybridized carbons (Fsp3) is 0.458. The van der Waals surface area contributed by atoms with Crippen molar-refractivity contribution in [3.05, 3.63) is 58.7 Å². The van der Waals surface area contributed by atoms with Crippen molar-refractivity contribution >= 4 is 27.3 Å². The molecule has 31 heavy (non-hydrogen) atoms. The molecule has 1 aliphatic rings. The van der Waals surface area contributed by atoms with Crippen molar-refractivity contribution in [2.75, 3.05) is 41.6 Å². The van der Waals surface area contributed by atoms with Gasteiger partial charge in [0.2, 0.25) is 15.9 Å². The van der Waals surface area contributed by atoms with E-state index < -0.39 is 16.1 Å². The quantitative estimate of drug-likeness (QED) is 0.710. The number of hydrogen-bond acceptors (Lipinski definition) is 4. The Labute approximate surface area is 186 Å². The van der Waals surface area contributed by atoms with Crippen LogP contribution >= 0.6 is 0 Å². The number of sulfonamides is 1. The molecule has 1 aliphatic heterocycles. The molecule has 1 fully saturated rings. The molecule has 1 saturated heterocycles. The summed E-state index contributed by atoms with van der Waals surface area (Å²) in [6, 6.07) is 11.1. The van der Waals surface area contributed by atoms with Crippen molar-refractivity contribution in [1.29, 1.82) is 0 Å². The van der Waals surface area contributed by atoms with Crippen molar-refractivity contribution in [3.63, 3.8) is 0 Å². The summed E-state index contributed by atoms with van der Waals surface area (Å²) in [6.45, 7) is 12.3. The molecule has 1 amide bonds. The minimum atomic E-state index is -3.63. The Kier molecular flexibility index (Phi) is 6.65. The van der Waals surface area contributed by atoms with Crippen LogP contribution < -0.4 is 9.21 Å². The van der Waals surface area contributed by atoms with Crippen molar-refractivity contribution in [2.45, 2.75) is 40.7 Å². The molecule has 1 atom stereocenters. The van der Waals surface area contributed by atoms with Crippen LogP contribution in [0.1, 0.15) is 29.2 Å². The summed E-state index contributed by atoms with van der Waals surface area (Å²) >= 11 is 0. The molecule has 6 nitrogen and oxygen atoms in total. The summed E-state index contributed by atoms with van der Waals surface area (Å²) in [7, 11) is -3.63. The van der Waals surface area contributed by atoms with E-state index in [0.29, 0.717) is 18.8 Å². The first kappa shape index (κ1) is 23.1. The Balaban J connectivity index is 1.79. The number of carbonyl (C=O) groups excluding carboxylic acids is 1. The number of benzene rings is 2. The van der Waals surface area contributed by atoms with Crippen LogP contribution in [0.15, 0.2) is 36.4 Å². The van der Waals surface area contributed by atoms with E-state index in [0.717, 1.165) is 30.5 Å². The van der Waals surface area contributed by atoms with Crippen LogP contribution in [0.2, 0.25) is 0 Å². The summed E-state index contributed by atoms with van der Waals surface area (Å²) in [5.41, 5.74) is 6.06. The van der Waals surface area contributed by atoms with Gasteiger partial charge in [-0.3, -0.25) is 9.10 Å². The molecule has 1 heterocycles. The molecule has 0 bridgehead atoms. The predicted molar refractivity (Wildman–Crippen MR) is 127 cm³/mol. The molecule has 0 aliphatic carbocycles. The van der Waals surface area contributed by atoms with E-state index in [2.05, 4.69) is 36.9 Å². The van der Waals surface area contributed by atoms with Gasteiger partial charge in [-0.1, -0.05) is 24.3 Å². The van der Waals surface area contributed by atoms with Gasteiger partial charge in [-0.05, 0) is 69.0 Å². The number of amides is 1. The molecule has 0 spiro atoms. The molecular formula is C24H33N3O3S. The second-order valence-electron chi connectivity index (χ2n) is 8.56. The van der Waals surface area contributed by atoms with Gasteiger partial charge in [0.05, 0.1) is 11.9 Å². The number of piperazine rings is 1. The zero-order valence-electron chi connectivity index (χ0n) is 19.3. The van der Waals surface area contributed by atoms with Gasteiger partial charge in [0, 0.05) is 31.9 Å². The number of carbonyl (C=O) groups is 1. The Morgan fingerprint density at radius 2 is 1.61 bits per heavy atom. The van der Waals surface area contributed by atoms with Crippen molar-refractivity contribution in [1.82, 2.24) is 4.90 Å². The summed E-state index contributed by atoms with van der Waals surface area (Å²) < 4.78 is 26.6. The Hall–Kier alpha value is -2.54. The molecule has 168 valence electrons. The number of aryl methyl sites for hydroxylation is 3. The van der Waals surface area contributed by atoms with Gasteiger partial charge in [0.25, 0.3) is 0 Å². The highest BCUT2D eigenvalue weighted by atomic mass is 32.2. The normalized spacial score (nSPS) is 15.7. The lowest BCUT2D eigenvalue weighted by atomic mass is 10.1. The Morgan fingerprint density at radius 1 is 0.968 bits per heavy atom. The zero-order valence-corrected chi connectivity index (χ0v) is 20.2. The zero-order chi connectivity index (χ0) is 22.9. The number of hydrogen-bond donors (Lipinski definition) is 0. The molecule has 2 aromatic carbocycles. The second-order valence-corrected chi connectivity index (χ2v) is 10.4. The molecule has 0 saturated carbocycles. The SMILES string of the molecule is Cc1ccc(C)c(N([C@@H](C)C(=O)N2CCN(c3cccc(C)c3C)CC2)S(C)(=O)=O)c1. The van der Waals surface area contributed by atoms with Gasteiger partial charge in [-0.2, -0.15) is 0 Å². The summed E-state index contributed by atoms with van der Waals surface area (Å²) in [5.74, 6) is -0.160. The molecule has 0 N–H and O–H groups in total. The third-order valence-electron chi connectivity index (χ3n) is 6.18. The smallest absolute Gasteiger partial charge is 0.246 e. The Morgan fingerprint density at radius 3 is 2.23 bits per heavy atom. The van der Waals surface area contributed by atoms with Gasteiger partial charge < -0.3 is 9.80 Å². The predicted octanol–water partition coefficient (Wildman–Crippen LogP) is 3.42. The molecule has 0 unspecified atom stereocenters. The highest BCUT2D eigenvalue weighted by Gasteiger charge is 2.34.